The van der Waals surface area contributed by atoms with Crippen molar-refractivity contribution in [1.29, 1.82) is 0 Å². The molecule has 0 spiro atoms. The maximum atomic E-state index is 11.4. The lowest BCUT2D eigenvalue weighted by atomic mass is 9.96. The van der Waals surface area contributed by atoms with Gasteiger partial charge in [-0.2, -0.15) is 0 Å². The summed E-state index contributed by atoms with van der Waals surface area (Å²) in [5.41, 5.74) is 2.19. The van der Waals surface area contributed by atoms with Crippen LogP contribution in [0.3, 0.4) is 0 Å². The molecule has 1 aromatic carbocycles. The molecule has 17 heavy (non-hydrogen) atoms. The molecular formula is C14H20O3. The fourth-order valence-corrected chi connectivity index (χ4v) is 1.81. The largest absolute Gasteiger partial charge is 0.496 e. The van der Waals surface area contributed by atoms with Crippen LogP contribution in [0.15, 0.2) is 18.2 Å². The molecular weight excluding hydrogens is 216 g/mol. The van der Waals surface area contributed by atoms with E-state index in [9.17, 15) is 4.79 Å². The lowest BCUT2D eigenvalue weighted by Crippen LogP contribution is -2.09. The van der Waals surface area contributed by atoms with Gasteiger partial charge in [0.05, 0.1) is 20.1 Å². The number of benzene rings is 1. The highest BCUT2D eigenvalue weighted by molar-refractivity contribution is 5.70. The second-order valence-corrected chi connectivity index (χ2v) is 4.16. The molecule has 0 aliphatic heterocycles. The fourth-order valence-electron chi connectivity index (χ4n) is 1.81. The number of methoxy groups -OCH3 is 1. The molecule has 1 atom stereocenters. The number of carbonyl (C=O) groups is 1. The molecule has 0 fully saturated rings. The topological polar surface area (TPSA) is 35.5 Å². The third-order valence-electron chi connectivity index (χ3n) is 2.70. The van der Waals surface area contributed by atoms with Crippen LogP contribution in [0, 0.1) is 6.92 Å². The third-order valence-corrected chi connectivity index (χ3v) is 2.70. The number of carbonyl (C=O) groups excluding carboxylic acids is 1. The molecule has 0 N–H and O–H groups in total. The molecule has 3 nitrogen and oxygen atoms in total. The maximum Gasteiger partial charge on any atom is 0.306 e. The second kappa shape index (κ2) is 6.28. The number of ether oxygens (including phenoxy) is 2. The molecule has 0 aliphatic carbocycles. The molecule has 0 heterocycles. The number of esters is 1. The minimum atomic E-state index is -0.164. The van der Waals surface area contributed by atoms with Crippen molar-refractivity contribution in [1.82, 2.24) is 0 Å². The van der Waals surface area contributed by atoms with Crippen molar-refractivity contribution in [3.63, 3.8) is 0 Å². The van der Waals surface area contributed by atoms with Gasteiger partial charge in [0.1, 0.15) is 5.75 Å². The van der Waals surface area contributed by atoms with Crippen LogP contribution in [0.1, 0.15) is 37.3 Å². The molecule has 1 aromatic rings. The van der Waals surface area contributed by atoms with Crippen LogP contribution in [-0.4, -0.2) is 19.7 Å². The summed E-state index contributed by atoms with van der Waals surface area (Å²) in [4.78, 5) is 11.4. The first-order valence-corrected chi connectivity index (χ1v) is 5.88. The lowest BCUT2D eigenvalue weighted by molar-refractivity contribution is -0.143. The molecule has 0 aromatic heterocycles. The standard InChI is InChI=1S/C14H20O3/c1-5-17-14(15)9-11(3)12-7-6-10(2)8-13(12)16-4/h6-8,11H,5,9H2,1-4H3/t11-/m1/s1. The highest BCUT2D eigenvalue weighted by Crippen LogP contribution is 2.29. The van der Waals surface area contributed by atoms with Crippen molar-refractivity contribution in [2.45, 2.75) is 33.1 Å². The van der Waals surface area contributed by atoms with Crippen molar-refractivity contribution in [2.75, 3.05) is 13.7 Å². The van der Waals surface area contributed by atoms with E-state index in [2.05, 4.69) is 0 Å². The Kier molecular flexibility index (Phi) is 5.01. The molecule has 94 valence electrons. The van der Waals surface area contributed by atoms with Gasteiger partial charge in [-0.05, 0) is 37.0 Å². The average Bonchev–Trinajstić information content (AvgIpc) is 2.28. The van der Waals surface area contributed by atoms with Crippen molar-refractivity contribution < 1.29 is 14.3 Å². The minimum Gasteiger partial charge on any atom is -0.496 e. The highest BCUT2D eigenvalue weighted by atomic mass is 16.5. The zero-order chi connectivity index (χ0) is 12.8. The molecule has 0 bridgehead atoms. The van der Waals surface area contributed by atoms with Crippen molar-refractivity contribution >= 4 is 5.97 Å². The summed E-state index contributed by atoms with van der Waals surface area (Å²) in [7, 11) is 1.65. The summed E-state index contributed by atoms with van der Waals surface area (Å²) in [6.45, 7) is 6.26. The molecule has 0 unspecified atom stereocenters. The highest BCUT2D eigenvalue weighted by Gasteiger charge is 2.15. The van der Waals surface area contributed by atoms with Crippen LogP contribution in [-0.2, 0) is 9.53 Å². The summed E-state index contributed by atoms with van der Waals surface area (Å²) < 4.78 is 10.3. The third kappa shape index (κ3) is 3.77. The van der Waals surface area contributed by atoms with E-state index in [0.29, 0.717) is 13.0 Å². The molecule has 0 aliphatic rings. The van der Waals surface area contributed by atoms with Gasteiger partial charge in [-0.1, -0.05) is 19.1 Å². The molecule has 0 saturated carbocycles. The molecule has 3 heteroatoms. The Morgan fingerprint density at radius 2 is 2.12 bits per heavy atom. The van der Waals surface area contributed by atoms with Gasteiger partial charge in [-0.15, -0.1) is 0 Å². The maximum absolute atomic E-state index is 11.4. The monoisotopic (exact) mass is 236 g/mol. The van der Waals surface area contributed by atoms with Gasteiger partial charge in [0, 0.05) is 0 Å². The van der Waals surface area contributed by atoms with Crippen molar-refractivity contribution in [2.24, 2.45) is 0 Å². The normalized spacial score (nSPS) is 12.0. The lowest BCUT2D eigenvalue weighted by Gasteiger charge is -2.15. The summed E-state index contributed by atoms with van der Waals surface area (Å²) in [6.07, 6.45) is 0.382. The first-order valence-electron chi connectivity index (χ1n) is 5.88. The van der Waals surface area contributed by atoms with Crippen molar-refractivity contribution in [3.05, 3.63) is 29.3 Å². The summed E-state index contributed by atoms with van der Waals surface area (Å²) in [5.74, 6) is 0.772. The van der Waals surface area contributed by atoms with Crippen molar-refractivity contribution in [3.8, 4) is 5.75 Å². The first-order chi connectivity index (χ1) is 8.08. The van der Waals surface area contributed by atoms with Gasteiger partial charge in [0.25, 0.3) is 0 Å². The van der Waals surface area contributed by atoms with E-state index in [1.54, 1.807) is 7.11 Å². The van der Waals surface area contributed by atoms with Crippen LogP contribution in [0.5, 0.6) is 5.75 Å². The Hall–Kier alpha value is -1.51. The van der Waals surface area contributed by atoms with E-state index < -0.39 is 0 Å². The van der Waals surface area contributed by atoms with Crippen LogP contribution in [0.4, 0.5) is 0 Å². The Labute approximate surface area is 103 Å². The predicted molar refractivity (Wildman–Crippen MR) is 67.4 cm³/mol. The Morgan fingerprint density at radius 3 is 2.71 bits per heavy atom. The van der Waals surface area contributed by atoms with Gasteiger partial charge in [0.15, 0.2) is 0 Å². The summed E-state index contributed by atoms with van der Waals surface area (Å²) in [5, 5.41) is 0. The van der Waals surface area contributed by atoms with Crippen LogP contribution >= 0.6 is 0 Å². The van der Waals surface area contributed by atoms with E-state index in [1.165, 1.54) is 0 Å². The summed E-state index contributed by atoms with van der Waals surface area (Å²) >= 11 is 0. The van der Waals surface area contributed by atoms with Crippen LogP contribution < -0.4 is 4.74 Å². The number of hydrogen-bond acceptors (Lipinski definition) is 3. The smallest absolute Gasteiger partial charge is 0.306 e. The molecule has 0 amide bonds. The van der Waals surface area contributed by atoms with E-state index in [4.69, 9.17) is 9.47 Å². The fraction of sp³-hybridized carbons (Fsp3) is 0.500. The first kappa shape index (κ1) is 13.6. The quantitative estimate of drug-likeness (QED) is 0.737. The zero-order valence-corrected chi connectivity index (χ0v) is 10.9. The van der Waals surface area contributed by atoms with E-state index >= 15 is 0 Å². The van der Waals surface area contributed by atoms with Gasteiger partial charge in [-0.25, -0.2) is 0 Å². The Bertz CT molecular complexity index is 385. The summed E-state index contributed by atoms with van der Waals surface area (Å²) in [6, 6.07) is 6.02. The second-order valence-electron chi connectivity index (χ2n) is 4.16. The minimum absolute atomic E-state index is 0.101. The SMILES string of the molecule is CCOC(=O)C[C@@H](C)c1ccc(C)cc1OC. The average molecular weight is 236 g/mol. The van der Waals surface area contributed by atoms with Gasteiger partial charge >= 0.3 is 5.97 Å². The Morgan fingerprint density at radius 1 is 1.41 bits per heavy atom. The zero-order valence-electron chi connectivity index (χ0n) is 10.9. The number of aryl methyl sites for hydroxylation is 1. The van der Waals surface area contributed by atoms with E-state index in [1.807, 2.05) is 39.0 Å². The van der Waals surface area contributed by atoms with Crippen LogP contribution in [0.2, 0.25) is 0 Å². The molecule has 0 radical (unpaired) electrons. The van der Waals surface area contributed by atoms with Crippen LogP contribution in [0.25, 0.3) is 0 Å². The number of rotatable bonds is 5. The molecule has 1 rings (SSSR count). The number of hydrogen-bond donors (Lipinski definition) is 0. The molecule has 0 saturated heterocycles. The van der Waals surface area contributed by atoms with Gasteiger partial charge < -0.3 is 9.47 Å². The van der Waals surface area contributed by atoms with Gasteiger partial charge in [-0.3, -0.25) is 4.79 Å². The Balaban J connectivity index is 2.81. The van der Waals surface area contributed by atoms with E-state index in [0.717, 1.165) is 16.9 Å². The van der Waals surface area contributed by atoms with Gasteiger partial charge in [0.2, 0.25) is 0 Å². The van der Waals surface area contributed by atoms with E-state index in [-0.39, 0.29) is 11.9 Å². The predicted octanol–water partition coefficient (Wildman–Crippen LogP) is 3.06.